The number of rotatable bonds is 6. The molecule has 6 nitrogen and oxygen atoms in total. The van der Waals surface area contributed by atoms with Gasteiger partial charge in [-0.15, -0.1) is 0 Å². The van der Waals surface area contributed by atoms with Crippen LogP contribution in [0.25, 0.3) is 0 Å². The third-order valence-electron chi connectivity index (χ3n) is 4.79. The van der Waals surface area contributed by atoms with E-state index in [-0.39, 0.29) is 11.9 Å². The third-order valence-corrected chi connectivity index (χ3v) is 5.97. The molecule has 26 heavy (non-hydrogen) atoms. The van der Waals surface area contributed by atoms with Gasteiger partial charge in [0.2, 0.25) is 0 Å². The van der Waals surface area contributed by atoms with Crippen LogP contribution in [0.5, 0.6) is 0 Å². The minimum Gasteiger partial charge on any atom is -0.347 e. The highest BCUT2D eigenvalue weighted by Crippen LogP contribution is 2.33. The van der Waals surface area contributed by atoms with Crippen LogP contribution in [0.3, 0.4) is 0 Å². The summed E-state index contributed by atoms with van der Waals surface area (Å²) in [7, 11) is 0. The monoisotopic (exact) mass is 370 g/mol. The Labute approximate surface area is 156 Å². The average molecular weight is 370 g/mol. The molecule has 0 unspecified atom stereocenters. The van der Waals surface area contributed by atoms with E-state index < -0.39 is 0 Å². The Balaban J connectivity index is 1.42. The number of nitrogens with one attached hydrogen (secondary N) is 1. The Morgan fingerprint density at radius 2 is 2.04 bits per heavy atom. The first-order valence-corrected chi connectivity index (χ1v) is 9.79. The van der Waals surface area contributed by atoms with Crippen molar-refractivity contribution < 1.29 is 9.59 Å². The average Bonchev–Trinajstić information content (AvgIpc) is 3.28. The molecule has 0 atom stereocenters. The summed E-state index contributed by atoms with van der Waals surface area (Å²) >= 11 is 1.30. The number of hydrogen-bond acceptors (Lipinski definition) is 4. The van der Waals surface area contributed by atoms with Gasteiger partial charge in [-0.3, -0.25) is 9.69 Å². The first-order chi connectivity index (χ1) is 12.6. The second kappa shape index (κ2) is 7.07. The van der Waals surface area contributed by atoms with Crippen molar-refractivity contribution in [3.63, 3.8) is 0 Å². The second-order valence-corrected chi connectivity index (χ2v) is 7.88. The number of aryl methyl sites for hydroxylation is 1. The minimum atomic E-state index is -0.142. The van der Waals surface area contributed by atoms with E-state index in [1.807, 2.05) is 42.2 Å². The lowest BCUT2D eigenvalue weighted by molar-refractivity contribution is 0.0954. The summed E-state index contributed by atoms with van der Waals surface area (Å²) < 4.78 is 0. The van der Waals surface area contributed by atoms with Crippen LogP contribution in [0.2, 0.25) is 0 Å². The van der Waals surface area contributed by atoms with E-state index in [1.54, 1.807) is 4.90 Å². The van der Waals surface area contributed by atoms with E-state index in [2.05, 4.69) is 10.3 Å². The van der Waals surface area contributed by atoms with Crippen LogP contribution in [0.1, 0.15) is 33.8 Å². The number of urea groups is 1. The summed E-state index contributed by atoms with van der Waals surface area (Å²) in [5.41, 5.74) is 1.72. The van der Waals surface area contributed by atoms with Crippen LogP contribution in [-0.4, -0.2) is 41.5 Å². The molecule has 0 bridgehead atoms. The minimum absolute atomic E-state index is 0.0156. The third kappa shape index (κ3) is 3.58. The Bertz CT molecular complexity index is 816. The van der Waals surface area contributed by atoms with E-state index in [4.69, 9.17) is 0 Å². The first kappa shape index (κ1) is 17.0. The van der Waals surface area contributed by atoms with Crippen LogP contribution in [0.15, 0.2) is 30.3 Å². The highest BCUT2D eigenvalue weighted by atomic mass is 32.1. The Hall–Kier alpha value is -2.41. The van der Waals surface area contributed by atoms with E-state index in [0.717, 1.165) is 18.7 Å². The molecule has 2 aliphatic rings. The smallest absolute Gasteiger partial charge is 0.326 e. The number of carbonyl (C=O) groups is 2. The molecule has 7 heteroatoms. The largest absolute Gasteiger partial charge is 0.347 e. The predicted molar refractivity (Wildman–Crippen MR) is 102 cm³/mol. The van der Waals surface area contributed by atoms with E-state index in [9.17, 15) is 9.59 Å². The molecule has 2 aromatic rings. The van der Waals surface area contributed by atoms with Gasteiger partial charge in [0, 0.05) is 26.2 Å². The summed E-state index contributed by atoms with van der Waals surface area (Å²) in [5.74, 6) is 0.535. The molecule has 1 aliphatic heterocycles. The summed E-state index contributed by atoms with van der Waals surface area (Å²) in [6.07, 6.45) is 2.46. The van der Waals surface area contributed by atoms with Gasteiger partial charge in [-0.2, -0.15) is 0 Å². The Kier molecular flexibility index (Phi) is 4.63. The molecule has 0 spiro atoms. The molecule has 2 fully saturated rings. The topological polar surface area (TPSA) is 65.5 Å². The molecule has 136 valence electrons. The molecule has 4 rings (SSSR count). The van der Waals surface area contributed by atoms with Crippen LogP contribution in [0.4, 0.5) is 9.93 Å². The SMILES string of the molecule is Cc1nc(N2CCN(CC3CC3)C2=O)sc1C(=O)NCc1ccccc1. The fourth-order valence-electron chi connectivity index (χ4n) is 3.11. The van der Waals surface area contributed by atoms with Crippen molar-refractivity contribution in [3.8, 4) is 0 Å². The number of benzene rings is 1. The van der Waals surface area contributed by atoms with Crippen molar-refractivity contribution >= 4 is 28.4 Å². The lowest BCUT2D eigenvalue weighted by Crippen LogP contribution is -2.33. The fourth-order valence-corrected chi connectivity index (χ4v) is 4.11. The molecular formula is C19H22N4O2S. The zero-order valence-electron chi connectivity index (χ0n) is 14.8. The highest BCUT2D eigenvalue weighted by Gasteiger charge is 2.35. The zero-order chi connectivity index (χ0) is 18.1. The second-order valence-electron chi connectivity index (χ2n) is 6.90. The highest BCUT2D eigenvalue weighted by molar-refractivity contribution is 7.17. The molecule has 0 radical (unpaired) electrons. The molecule has 1 aromatic carbocycles. The number of carbonyl (C=O) groups excluding carboxylic acids is 2. The fraction of sp³-hybridized carbons (Fsp3) is 0.421. The summed E-state index contributed by atoms with van der Waals surface area (Å²) in [4.78, 5) is 33.8. The van der Waals surface area contributed by atoms with Gasteiger partial charge in [-0.25, -0.2) is 9.78 Å². The van der Waals surface area contributed by atoms with Crippen LogP contribution in [0, 0.1) is 12.8 Å². The summed E-state index contributed by atoms with van der Waals surface area (Å²) in [6.45, 7) is 4.53. The maximum absolute atomic E-state index is 12.6. The molecule has 1 aliphatic carbocycles. The standard InChI is InChI=1S/C19H22N4O2S/c1-13-16(17(24)20-11-14-5-3-2-4-6-14)26-18(21-13)23-10-9-22(19(23)25)12-15-7-8-15/h2-6,15H,7-12H2,1H3,(H,20,24). The molecule has 1 saturated heterocycles. The van der Waals surface area contributed by atoms with Gasteiger partial charge < -0.3 is 10.2 Å². The number of thiazole rings is 1. The maximum Gasteiger partial charge on any atom is 0.326 e. The van der Waals surface area contributed by atoms with E-state index in [1.165, 1.54) is 24.2 Å². The quantitative estimate of drug-likeness (QED) is 0.850. The van der Waals surface area contributed by atoms with Crippen molar-refractivity contribution in [2.75, 3.05) is 24.5 Å². The lowest BCUT2D eigenvalue weighted by Gasteiger charge is -2.16. The molecular weight excluding hydrogens is 348 g/mol. The van der Waals surface area contributed by atoms with Gasteiger partial charge in [-0.05, 0) is 31.2 Å². The Morgan fingerprint density at radius 1 is 1.27 bits per heavy atom. The number of hydrogen-bond donors (Lipinski definition) is 1. The summed E-state index contributed by atoms with van der Waals surface area (Å²) in [6, 6.07) is 9.81. The van der Waals surface area contributed by atoms with E-state index in [0.29, 0.717) is 34.7 Å². The van der Waals surface area contributed by atoms with Gasteiger partial charge in [0.25, 0.3) is 5.91 Å². The van der Waals surface area contributed by atoms with Gasteiger partial charge in [0.05, 0.1) is 5.69 Å². The molecule has 2 heterocycles. The van der Waals surface area contributed by atoms with Crippen molar-refractivity contribution in [1.82, 2.24) is 15.2 Å². The molecule has 1 saturated carbocycles. The number of anilines is 1. The van der Waals surface area contributed by atoms with Gasteiger partial charge in [-0.1, -0.05) is 41.7 Å². The lowest BCUT2D eigenvalue weighted by atomic mass is 10.2. The molecule has 3 amide bonds. The summed E-state index contributed by atoms with van der Waals surface area (Å²) in [5, 5.41) is 3.55. The molecule has 1 N–H and O–H groups in total. The van der Waals surface area contributed by atoms with Gasteiger partial charge in [0.1, 0.15) is 4.88 Å². The number of nitrogens with zero attached hydrogens (tertiary/aromatic N) is 3. The predicted octanol–water partition coefficient (Wildman–Crippen LogP) is 3.03. The normalized spacial score (nSPS) is 17.0. The number of aromatic nitrogens is 1. The van der Waals surface area contributed by atoms with Crippen LogP contribution >= 0.6 is 11.3 Å². The van der Waals surface area contributed by atoms with Crippen molar-refractivity contribution in [2.24, 2.45) is 5.92 Å². The van der Waals surface area contributed by atoms with Crippen LogP contribution in [-0.2, 0) is 6.54 Å². The van der Waals surface area contributed by atoms with Crippen LogP contribution < -0.4 is 10.2 Å². The zero-order valence-corrected chi connectivity index (χ0v) is 15.6. The van der Waals surface area contributed by atoms with Crippen molar-refractivity contribution in [3.05, 3.63) is 46.5 Å². The number of amides is 3. The van der Waals surface area contributed by atoms with Crippen molar-refractivity contribution in [2.45, 2.75) is 26.3 Å². The molecule has 1 aromatic heterocycles. The first-order valence-electron chi connectivity index (χ1n) is 8.98. The maximum atomic E-state index is 12.6. The van der Waals surface area contributed by atoms with Gasteiger partial charge in [0.15, 0.2) is 5.13 Å². The Morgan fingerprint density at radius 3 is 2.77 bits per heavy atom. The van der Waals surface area contributed by atoms with Gasteiger partial charge >= 0.3 is 6.03 Å². The van der Waals surface area contributed by atoms with Crippen molar-refractivity contribution in [1.29, 1.82) is 0 Å². The van der Waals surface area contributed by atoms with E-state index >= 15 is 0 Å².